The van der Waals surface area contributed by atoms with E-state index in [0.717, 1.165) is 12.2 Å². The van der Waals surface area contributed by atoms with Crippen LogP contribution in [0, 0.1) is 5.92 Å². The molecule has 0 aliphatic carbocycles. The molecule has 64 valence electrons. The van der Waals surface area contributed by atoms with Gasteiger partial charge < -0.3 is 9.47 Å². The highest BCUT2D eigenvalue weighted by Crippen LogP contribution is 2.22. The van der Waals surface area contributed by atoms with E-state index in [1.165, 1.54) is 6.42 Å². The van der Waals surface area contributed by atoms with E-state index in [1.54, 1.807) is 6.26 Å². The molecule has 0 bridgehead atoms. The van der Waals surface area contributed by atoms with Crippen molar-refractivity contribution in [3.63, 3.8) is 0 Å². The van der Waals surface area contributed by atoms with Gasteiger partial charge in [0.15, 0.2) is 0 Å². The molecule has 2 unspecified atom stereocenters. The predicted octanol–water partition coefficient (Wildman–Crippen LogP) is 2.66. The summed E-state index contributed by atoms with van der Waals surface area (Å²) in [5.74, 6) is 1.38. The van der Waals surface area contributed by atoms with Crippen LogP contribution in [0.4, 0.5) is 0 Å². The van der Waals surface area contributed by atoms with Crippen LogP contribution in [0.2, 0.25) is 0 Å². The van der Waals surface area contributed by atoms with Gasteiger partial charge in [-0.3, -0.25) is 0 Å². The molecule has 0 aromatic heterocycles. The first-order valence-electron chi connectivity index (χ1n) is 4.23. The molecule has 2 nitrogen and oxygen atoms in total. The van der Waals surface area contributed by atoms with E-state index in [9.17, 15) is 0 Å². The van der Waals surface area contributed by atoms with Gasteiger partial charge in [0.1, 0.15) is 12.0 Å². The first kappa shape index (κ1) is 8.44. The van der Waals surface area contributed by atoms with Crippen LogP contribution >= 0.6 is 0 Å². The van der Waals surface area contributed by atoms with E-state index in [2.05, 4.69) is 13.8 Å². The Balaban J connectivity index is 2.28. The smallest absolute Gasteiger partial charge is 0.242 e. The Morgan fingerprint density at radius 1 is 1.64 bits per heavy atom. The summed E-state index contributed by atoms with van der Waals surface area (Å²) in [5.41, 5.74) is 0. The third kappa shape index (κ3) is 2.14. The average molecular weight is 156 g/mol. The lowest BCUT2D eigenvalue weighted by molar-refractivity contribution is -0.0707. The number of allylic oxidation sites excluding steroid dienone is 1. The van der Waals surface area contributed by atoms with E-state index in [-0.39, 0.29) is 6.29 Å². The van der Waals surface area contributed by atoms with E-state index >= 15 is 0 Å². The van der Waals surface area contributed by atoms with E-state index in [4.69, 9.17) is 9.47 Å². The van der Waals surface area contributed by atoms with E-state index in [0.29, 0.717) is 5.92 Å². The molecule has 1 heterocycles. The van der Waals surface area contributed by atoms with Gasteiger partial charge in [-0.05, 0) is 13.3 Å². The lowest BCUT2D eigenvalue weighted by Crippen LogP contribution is -2.18. The minimum absolute atomic E-state index is 0.0325. The van der Waals surface area contributed by atoms with Gasteiger partial charge in [0, 0.05) is 5.92 Å². The second-order valence-corrected chi connectivity index (χ2v) is 3.12. The third-order valence-corrected chi connectivity index (χ3v) is 1.88. The van der Waals surface area contributed by atoms with E-state index in [1.807, 2.05) is 6.92 Å². The Bertz CT molecular complexity index is 152. The summed E-state index contributed by atoms with van der Waals surface area (Å²) >= 11 is 0. The first-order chi connectivity index (χ1) is 5.24. The summed E-state index contributed by atoms with van der Waals surface area (Å²) < 4.78 is 10.7. The van der Waals surface area contributed by atoms with E-state index < -0.39 is 0 Å². The molecule has 0 N–H and O–H groups in total. The van der Waals surface area contributed by atoms with Crippen LogP contribution < -0.4 is 0 Å². The average Bonchev–Trinajstić information content (AvgIpc) is 2.36. The topological polar surface area (TPSA) is 18.5 Å². The summed E-state index contributed by atoms with van der Waals surface area (Å²) in [7, 11) is 0. The normalized spacial score (nSPS) is 25.4. The van der Waals surface area contributed by atoms with Gasteiger partial charge >= 0.3 is 0 Å². The second-order valence-electron chi connectivity index (χ2n) is 3.12. The molecule has 1 rings (SSSR count). The van der Waals surface area contributed by atoms with Gasteiger partial charge in [0.05, 0.1) is 0 Å². The minimum Gasteiger partial charge on any atom is -0.459 e. The first-order valence-corrected chi connectivity index (χ1v) is 4.23. The lowest BCUT2D eigenvalue weighted by atomic mass is 10.1. The highest BCUT2D eigenvalue weighted by Gasteiger charge is 2.22. The van der Waals surface area contributed by atoms with Crippen molar-refractivity contribution >= 4 is 0 Å². The summed E-state index contributed by atoms with van der Waals surface area (Å²) in [6.45, 7) is 6.24. The predicted molar refractivity (Wildman–Crippen MR) is 43.8 cm³/mol. The van der Waals surface area contributed by atoms with Crippen LogP contribution in [0.15, 0.2) is 12.0 Å². The molecule has 0 aromatic carbocycles. The Hall–Kier alpha value is -0.660. The second kappa shape index (κ2) is 3.65. The molecule has 0 fully saturated rings. The molecule has 0 radical (unpaired) electrons. The number of ether oxygens (including phenoxy) is 2. The summed E-state index contributed by atoms with van der Waals surface area (Å²) in [5, 5.41) is 0. The standard InChI is InChI=1S/C9H16O2/c1-4-5-7(2)9-10-6-8(3)11-9/h6-7,9H,4-5H2,1-3H3. The molecule has 1 aliphatic heterocycles. The van der Waals surface area contributed by atoms with Crippen LogP contribution in [0.25, 0.3) is 0 Å². The zero-order valence-electron chi connectivity index (χ0n) is 7.46. The van der Waals surface area contributed by atoms with Crippen molar-refractivity contribution < 1.29 is 9.47 Å². The minimum atomic E-state index is -0.0325. The van der Waals surface area contributed by atoms with Crippen LogP contribution in [-0.4, -0.2) is 6.29 Å². The molecule has 0 saturated heterocycles. The van der Waals surface area contributed by atoms with Gasteiger partial charge in [-0.25, -0.2) is 0 Å². The molecule has 11 heavy (non-hydrogen) atoms. The van der Waals surface area contributed by atoms with Gasteiger partial charge in [-0.1, -0.05) is 20.3 Å². The fraction of sp³-hybridized carbons (Fsp3) is 0.778. The molecular formula is C9H16O2. The number of rotatable bonds is 3. The van der Waals surface area contributed by atoms with Crippen molar-refractivity contribution in [1.82, 2.24) is 0 Å². The third-order valence-electron chi connectivity index (χ3n) is 1.88. The summed E-state index contributed by atoms with van der Waals surface area (Å²) in [4.78, 5) is 0. The zero-order valence-corrected chi connectivity index (χ0v) is 7.46. The Labute approximate surface area is 68.2 Å². The summed E-state index contributed by atoms with van der Waals surface area (Å²) in [6, 6.07) is 0. The number of hydrogen-bond donors (Lipinski definition) is 0. The maximum absolute atomic E-state index is 5.41. The van der Waals surface area contributed by atoms with Crippen LogP contribution in [-0.2, 0) is 9.47 Å². The van der Waals surface area contributed by atoms with Crippen LogP contribution in [0.3, 0.4) is 0 Å². The van der Waals surface area contributed by atoms with Crippen molar-refractivity contribution in [3.8, 4) is 0 Å². The Morgan fingerprint density at radius 2 is 2.36 bits per heavy atom. The van der Waals surface area contributed by atoms with Crippen molar-refractivity contribution in [2.45, 2.75) is 39.9 Å². The van der Waals surface area contributed by atoms with Gasteiger partial charge in [0.2, 0.25) is 6.29 Å². The molecule has 0 amide bonds. The highest BCUT2D eigenvalue weighted by atomic mass is 16.7. The molecule has 2 heteroatoms. The highest BCUT2D eigenvalue weighted by molar-refractivity contribution is 4.88. The van der Waals surface area contributed by atoms with Gasteiger partial charge in [-0.2, -0.15) is 0 Å². The molecule has 2 atom stereocenters. The molecule has 0 saturated carbocycles. The molecule has 0 aromatic rings. The number of hydrogen-bond acceptors (Lipinski definition) is 2. The van der Waals surface area contributed by atoms with Crippen molar-refractivity contribution in [2.75, 3.05) is 0 Å². The maximum atomic E-state index is 5.41. The SMILES string of the molecule is CCCC(C)C1OC=C(C)O1. The Morgan fingerprint density at radius 3 is 2.82 bits per heavy atom. The Kier molecular flexibility index (Phi) is 2.80. The van der Waals surface area contributed by atoms with Gasteiger partial charge in [0.25, 0.3) is 0 Å². The maximum Gasteiger partial charge on any atom is 0.242 e. The fourth-order valence-corrected chi connectivity index (χ4v) is 1.24. The largest absolute Gasteiger partial charge is 0.459 e. The monoisotopic (exact) mass is 156 g/mol. The molecule has 1 aliphatic rings. The fourth-order valence-electron chi connectivity index (χ4n) is 1.24. The van der Waals surface area contributed by atoms with Gasteiger partial charge in [-0.15, -0.1) is 0 Å². The lowest BCUT2D eigenvalue weighted by Gasteiger charge is -2.17. The quantitative estimate of drug-likeness (QED) is 0.625. The molecule has 0 spiro atoms. The van der Waals surface area contributed by atoms with Crippen molar-refractivity contribution in [1.29, 1.82) is 0 Å². The van der Waals surface area contributed by atoms with Crippen LogP contribution in [0.1, 0.15) is 33.6 Å². The molecular weight excluding hydrogens is 140 g/mol. The van der Waals surface area contributed by atoms with Crippen molar-refractivity contribution in [3.05, 3.63) is 12.0 Å². The zero-order chi connectivity index (χ0) is 8.27. The van der Waals surface area contributed by atoms with Crippen molar-refractivity contribution in [2.24, 2.45) is 5.92 Å². The van der Waals surface area contributed by atoms with Crippen LogP contribution in [0.5, 0.6) is 0 Å². The summed E-state index contributed by atoms with van der Waals surface area (Å²) in [6.07, 6.45) is 4.00.